The van der Waals surface area contributed by atoms with Crippen LogP contribution in [0.15, 0.2) is 30.6 Å². The highest BCUT2D eigenvalue weighted by Crippen LogP contribution is 2.46. The summed E-state index contributed by atoms with van der Waals surface area (Å²) in [6.45, 7) is 0. The number of nitrogens with one attached hydrogen (secondary N) is 1. The minimum absolute atomic E-state index is 0.132. The number of amides is 1. The topological polar surface area (TPSA) is 54.9 Å². The summed E-state index contributed by atoms with van der Waals surface area (Å²) in [6.07, 6.45) is 4.07. The Kier molecular flexibility index (Phi) is 3.16. The number of halogens is 2. The quantitative estimate of drug-likeness (QED) is 0.942. The summed E-state index contributed by atoms with van der Waals surface area (Å²) in [6, 6.07) is 3.66. The molecule has 4 nitrogen and oxygen atoms in total. The molecule has 21 heavy (non-hydrogen) atoms. The second-order valence-electron chi connectivity index (χ2n) is 5.05. The van der Waals surface area contributed by atoms with E-state index in [1.54, 1.807) is 7.05 Å². The number of hydrogen-bond acceptors (Lipinski definition) is 3. The van der Waals surface area contributed by atoms with Crippen LogP contribution in [0, 0.1) is 11.6 Å². The van der Waals surface area contributed by atoms with Gasteiger partial charge in [-0.25, -0.2) is 18.7 Å². The highest BCUT2D eigenvalue weighted by atomic mass is 19.1. The average molecular weight is 289 g/mol. The molecule has 1 heterocycles. The van der Waals surface area contributed by atoms with Gasteiger partial charge in [-0.1, -0.05) is 6.07 Å². The van der Waals surface area contributed by atoms with Crippen molar-refractivity contribution < 1.29 is 13.6 Å². The fourth-order valence-electron chi connectivity index (χ4n) is 2.39. The molecule has 1 aliphatic carbocycles. The molecule has 0 aliphatic heterocycles. The largest absolute Gasteiger partial charge is 0.358 e. The molecule has 0 saturated heterocycles. The summed E-state index contributed by atoms with van der Waals surface area (Å²) in [4.78, 5) is 20.1. The van der Waals surface area contributed by atoms with Gasteiger partial charge in [0.15, 0.2) is 0 Å². The van der Waals surface area contributed by atoms with Crippen LogP contribution in [-0.2, 0) is 10.2 Å². The highest BCUT2D eigenvalue weighted by Gasteiger charge is 2.53. The molecule has 0 radical (unpaired) electrons. The van der Waals surface area contributed by atoms with Crippen molar-refractivity contribution in [2.45, 2.75) is 18.3 Å². The maximum absolute atomic E-state index is 13.7. The number of hydrogen-bond donors (Lipinski definition) is 1. The number of nitrogens with zero attached hydrogens (tertiary/aromatic N) is 2. The normalized spacial score (nSPS) is 15.6. The summed E-state index contributed by atoms with van der Waals surface area (Å²) in [7, 11) is 1.56. The van der Waals surface area contributed by atoms with E-state index < -0.39 is 17.0 Å². The van der Waals surface area contributed by atoms with Crippen molar-refractivity contribution in [3.8, 4) is 11.1 Å². The Morgan fingerprint density at radius 2 is 1.76 bits per heavy atom. The molecule has 1 N–H and O–H groups in total. The standard InChI is InChI=1S/C15H13F2N3O/c1-18-14(21)15(5-6-15)13-19-7-9(8-20-13)12-10(16)3-2-4-11(12)17/h2-4,7-8H,5-6H2,1H3,(H,18,21). The average Bonchev–Trinajstić information content (AvgIpc) is 3.29. The maximum Gasteiger partial charge on any atom is 0.233 e. The predicted molar refractivity (Wildman–Crippen MR) is 72.4 cm³/mol. The monoisotopic (exact) mass is 289 g/mol. The molecule has 0 atom stereocenters. The van der Waals surface area contributed by atoms with Crippen LogP contribution in [0.2, 0.25) is 0 Å². The van der Waals surface area contributed by atoms with Crippen LogP contribution in [0.5, 0.6) is 0 Å². The van der Waals surface area contributed by atoms with Gasteiger partial charge in [-0.3, -0.25) is 4.79 Å². The highest BCUT2D eigenvalue weighted by molar-refractivity contribution is 5.90. The fraction of sp³-hybridized carbons (Fsp3) is 0.267. The van der Waals surface area contributed by atoms with Crippen LogP contribution in [0.25, 0.3) is 11.1 Å². The Hall–Kier alpha value is -2.37. The van der Waals surface area contributed by atoms with Crippen molar-refractivity contribution in [1.82, 2.24) is 15.3 Å². The first-order valence-corrected chi connectivity index (χ1v) is 6.57. The molecule has 6 heteroatoms. The Morgan fingerprint density at radius 3 is 2.24 bits per heavy atom. The van der Waals surface area contributed by atoms with Crippen molar-refractivity contribution in [1.29, 1.82) is 0 Å². The second-order valence-corrected chi connectivity index (χ2v) is 5.05. The third-order valence-corrected chi connectivity index (χ3v) is 3.74. The molecule has 0 spiro atoms. The lowest BCUT2D eigenvalue weighted by molar-refractivity contribution is -0.123. The molecule has 1 saturated carbocycles. The van der Waals surface area contributed by atoms with Crippen LogP contribution in [-0.4, -0.2) is 22.9 Å². The first-order valence-electron chi connectivity index (χ1n) is 6.57. The molecule has 0 unspecified atom stereocenters. The molecular formula is C15H13F2N3O. The Balaban J connectivity index is 1.97. The van der Waals surface area contributed by atoms with E-state index in [2.05, 4.69) is 15.3 Å². The number of carbonyl (C=O) groups excluding carboxylic acids is 1. The van der Waals surface area contributed by atoms with Gasteiger partial charge in [-0.05, 0) is 25.0 Å². The van der Waals surface area contributed by atoms with Crippen LogP contribution in [0.3, 0.4) is 0 Å². The van der Waals surface area contributed by atoms with Crippen molar-refractivity contribution in [3.63, 3.8) is 0 Å². The molecule has 2 aromatic rings. The number of carbonyl (C=O) groups is 1. The second kappa shape index (κ2) is 4.87. The first-order chi connectivity index (χ1) is 10.1. The molecule has 108 valence electrons. The zero-order valence-electron chi connectivity index (χ0n) is 11.4. The van der Waals surface area contributed by atoms with Crippen molar-refractivity contribution in [2.75, 3.05) is 7.05 Å². The zero-order chi connectivity index (χ0) is 15.0. The lowest BCUT2D eigenvalue weighted by atomic mass is 10.0. The molecule has 0 bridgehead atoms. The number of benzene rings is 1. The van der Waals surface area contributed by atoms with Gasteiger partial charge in [0.2, 0.25) is 5.91 Å². The summed E-state index contributed by atoms with van der Waals surface area (Å²) in [5, 5.41) is 2.59. The van der Waals surface area contributed by atoms with E-state index >= 15 is 0 Å². The molecule has 1 amide bonds. The summed E-state index contributed by atoms with van der Waals surface area (Å²) >= 11 is 0. The van der Waals surface area contributed by atoms with Crippen LogP contribution in [0.1, 0.15) is 18.7 Å². The molecule has 3 rings (SSSR count). The zero-order valence-corrected chi connectivity index (χ0v) is 11.4. The van der Waals surface area contributed by atoms with Gasteiger partial charge < -0.3 is 5.32 Å². The van der Waals surface area contributed by atoms with E-state index in [1.165, 1.54) is 30.6 Å². The van der Waals surface area contributed by atoms with Gasteiger partial charge in [0.25, 0.3) is 0 Å². The van der Waals surface area contributed by atoms with Gasteiger partial charge in [-0.15, -0.1) is 0 Å². The Bertz CT molecular complexity index is 676. The van der Waals surface area contributed by atoms with Crippen molar-refractivity contribution >= 4 is 5.91 Å². The summed E-state index contributed by atoms with van der Waals surface area (Å²) in [5.41, 5.74) is -0.586. The Labute approximate surface area is 120 Å². The third kappa shape index (κ3) is 2.16. The summed E-state index contributed by atoms with van der Waals surface area (Å²) in [5.74, 6) is -1.08. The van der Waals surface area contributed by atoms with Crippen LogP contribution < -0.4 is 5.32 Å². The van der Waals surface area contributed by atoms with Gasteiger partial charge in [-0.2, -0.15) is 0 Å². The first kappa shape index (κ1) is 13.6. The van der Waals surface area contributed by atoms with Crippen molar-refractivity contribution in [3.05, 3.63) is 48.1 Å². The lowest BCUT2D eigenvalue weighted by Crippen LogP contribution is -2.33. The number of aromatic nitrogens is 2. The van der Waals surface area contributed by atoms with E-state index in [4.69, 9.17) is 0 Å². The van der Waals surface area contributed by atoms with Gasteiger partial charge in [0, 0.05) is 25.0 Å². The number of likely N-dealkylation sites (N-methyl/N-ethyl adjacent to an activating group) is 1. The molecular weight excluding hydrogens is 276 g/mol. The molecule has 1 fully saturated rings. The number of rotatable bonds is 3. The minimum atomic E-state index is -0.680. The van der Waals surface area contributed by atoms with E-state index in [1.807, 2.05) is 0 Å². The minimum Gasteiger partial charge on any atom is -0.358 e. The van der Waals surface area contributed by atoms with Gasteiger partial charge in [0.1, 0.15) is 22.9 Å². The molecule has 1 aromatic carbocycles. The van der Waals surface area contributed by atoms with Crippen molar-refractivity contribution in [2.24, 2.45) is 0 Å². The SMILES string of the molecule is CNC(=O)C1(c2ncc(-c3c(F)cccc3F)cn2)CC1. The van der Waals surface area contributed by atoms with E-state index in [-0.39, 0.29) is 17.0 Å². The smallest absolute Gasteiger partial charge is 0.233 e. The van der Waals surface area contributed by atoms with Crippen LogP contribution >= 0.6 is 0 Å². The predicted octanol–water partition coefficient (Wildman–Crippen LogP) is 2.20. The fourth-order valence-corrected chi connectivity index (χ4v) is 2.39. The Morgan fingerprint density at radius 1 is 1.19 bits per heavy atom. The maximum atomic E-state index is 13.7. The van der Waals surface area contributed by atoms with Crippen LogP contribution in [0.4, 0.5) is 8.78 Å². The van der Waals surface area contributed by atoms with Gasteiger partial charge in [0.05, 0.1) is 5.56 Å². The van der Waals surface area contributed by atoms with Gasteiger partial charge >= 0.3 is 0 Å². The van der Waals surface area contributed by atoms with E-state index in [0.29, 0.717) is 18.7 Å². The molecule has 1 aliphatic rings. The summed E-state index contributed by atoms with van der Waals surface area (Å²) < 4.78 is 27.4. The third-order valence-electron chi connectivity index (χ3n) is 3.74. The van der Waals surface area contributed by atoms with E-state index in [9.17, 15) is 13.6 Å². The molecule has 1 aromatic heterocycles. The van der Waals surface area contributed by atoms with E-state index in [0.717, 1.165) is 0 Å². The lowest BCUT2D eigenvalue weighted by Gasteiger charge is -2.12.